The first-order valence-corrected chi connectivity index (χ1v) is 8.78. The van der Waals surface area contributed by atoms with Gasteiger partial charge in [-0.25, -0.2) is 0 Å². The molecule has 0 amide bonds. The molecule has 0 radical (unpaired) electrons. The number of carbonyl (C=O) groups is 1. The lowest BCUT2D eigenvalue weighted by Gasteiger charge is -2.24. The maximum atomic E-state index is 11.8. The normalized spacial score (nSPS) is 20.6. The van der Waals surface area contributed by atoms with Gasteiger partial charge in [0.1, 0.15) is 12.6 Å². The van der Waals surface area contributed by atoms with Crippen molar-refractivity contribution in [1.29, 1.82) is 0 Å². The van der Waals surface area contributed by atoms with Gasteiger partial charge in [0.2, 0.25) is 0 Å². The molecule has 5 nitrogen and oxygen atoms in total. The molecule has 0 aliphatic carbocycles. The molecular formula is C18H33NO4. The topological polar surface area (TPSA) is 56.8 Å². The minimum absolute atomic E-state index is 0.105. The van der Waals surface area contributed by atoms with Crippen LogP contribution in [0.2, 0.25) is 0 Å². The molecule has 0 bridgehead atoms. The van der Waals surface area contributed by atoms with Crippen molar-refractivity contribution in [3.63, 3.8) is 0 Å². The maximum Gasteiger partial charge on any atom is 0.325 e. The fourth-order valence-electron chi connectivity index (χ4n) is 2.77. The Hall–Kier alpha value is -1.07. The van der Waals surface area contributed by atoms with Gasteiger partial charge >= 0.3 is 5.97 Å². The van der Waals surface area contributed by atoms with Gasteiger partial charge in [0.25, 0.3) is 0 Å². The maximum absolute atomic E-state index is 11.8. The summed E-state index contributed by atoms with van der Waals surface area (Å²) in [5.41, 5.74) is 0.817. The Morgan fingerprint density at radius 1 is 1.48 bits per heavy atom. The number of nitrogens with one attached hydrogen (secondary N) is 1. The molecule has 134 valence electrons. The van der Waals surface area contributed by atoms with Crippen LogP contribution in [0.25, 0.3) is 0 Å². The zero-order chi connectivity index (χ0) is 17.1. The number of methoxy groups -OCH3 is 1. The van der Waals surface area contributed by atoms with Gasteiger partial charge in [-0.1, -0.05) is 33.3 Å². The number of esters is 1. The highest BCUT2D eigenvalue weighted by Crippen LogP contribution is 2.19. The van der Waals surface area contributed by atoms with E-state index in [0.717, 1.165) is 31.6 Å². The Balaban J connectivity index is 2.24. The van der Waals surface area contributed by atoms with Crippen molar-refractivity contribution in [3.8, 4) is 0 Å². The molecule has 0 aromatic rings. The number of rotatable bonds is 11. The lowest BCUT2D eigenvalue weighted by atomic mass is 9.95. The zero-order valence-corrected chi connectivity index (χ0v) is 14.9. The molecule has 0 aromatic carbocycles. The van der Waals surface area contributed by atoms with Gasteiger partial charge in [-0.15, -0.1) is 0 Å². The Bertz CT molecular complexity index is 353. The van der Waals surface area contributed by atoms with Crippen LogP contribution in [0, 0.1) is 5.92 Å². The second kappa shape index (κ2) is 11.5. The Morgan fingerprint density at radius 3 is 2.87 bits per heavy atom. The van der Waals surface area contributed by atoms with Gasteiger partial charge in [0.05, 0.1) is 12.7 Å². The summed E-state index contributed by atoms with van der Waals surface area (Å²) in [6.45, 7) is 9.81. The molecule has 1 fully saturated rings. The number of ether oxygens (including phenoxy) is 3. The number of carbonyl (C=O) groups excluding carboxylic acids is 1. The van der Waals surface area contributed by atoms with Crippen molar-refractivity contribution in [2.75, 3.05) is 26.9 Å². The lowest BCUT2D eigenvalue weighted by Crippen LogP contribution is -2.33. The van der Waals surface area contributed by atoms with Crippen molar-refractivity contribution in [2.45, 2.75) is 64.6 Å². The van der Waals surface area contributed by atoms with Crippen LogP contribution in [0.4, 0.5) is 0 Å². The van der Waals surface area contributed by atoms with Gasteiger partial charge in [-0.2, -0.15) is 0 Å². The molecule has 3 atom stereocenters. The van der Waals surface area contributed by atoms with Crippen LogP contribution in [0.3, 0.4) is 0 Å². The first-order valence-electron chi connectivity index (χ1n) is 8.78. The summed E-state index contributed by atoms with van der Waals surface area (Å²) in [6.07, 6.45) is 6.11. The van der Waals surface area contributed by atoms with E-state index in [1.807, 2.05) is 0 Å². The van der Waals surface area contributed by atoms with E-state index in [1.54, 1.807) is 7.11 Å². The third-order valence-electron chi connectivity index (χ3n) is 4.30. The largest absolute Gasteiger partial charge is 0.459 e. The summed E-state index contributed by atoms with van der Waals surface area (Å²) in [6, 6.07) is 0. The standard InChI is InChI=1S/C18H33NO4/c1-5-6-8-14(2)17(21-4)11-15(3)19-12-18(20)23-16-9-7-10-22-13-16/h14,16-17,19H,3,5-13H2,1-2,4H3/t14-,16+,17-/m0/s1. The van der Waals surface area contributed by atoms with Crippen LogP contribution in [-0.4, -0.2) is 45.0 Å². The van der Waals surface area contributed by atoms with Crippen LogP contribution < -0.4 is 5.32 Å². The molecule has 0 unspecified atom stereocenters. The summed E-state index contributed by atoms with van der Waals surface area (Å²) in [4.78, 5) is 11.8. The highest BCUT2D eigenvalue weighted by atomic mass is 16.6. The SMILES string of the molecule is C=C(C[C@H](OC)[C@@H](C)CCCC)NCC(=O)O[C@@H]1CCCOC1. The third-order valence-corrected chi connectivity index (χ3v) is 4.30. The molecular weight excluding hydrogens is 294 g/mol. The van der Waals surface area contributed by atoms with E-state index in [0.29, 0.717) is 18.9 Å². The van der Waals surface area contributed by atoms with Gasteiger partial charge < -0.3 is 19.5 Å². The van der Waals surface area contributed by atoms with E-state index in [2.05, 4.69) is 25.7 Å². The van der Waals surface area contributed by atoms with Crippen LogP contribution in [0.1, 0.15) is 52.4 Å². The average molecular weight is 327 g/mol. The number of hydrogen-bond donors (Lipinski definition) is 1. The van der Waals surface area contributed by atoms with Crippen LogP contribution in [0.15, 0.2) is 12.3 Å². The predicted molar refractivity (Wildman–Crippen MR) is 91.2 cm³/mol. The van der Waals surface area contributed by atoms with E-state index in [1.165, 1.54) is 12.8 Å². The molecule has 0 saturated carbocycles. The quantitative estimate of drug-likeness (QED) is 0.591. The Kier molecular flexibility index (Phi) is 9.96. The van der Waals surface area contributed by atoms with Crippen molar-refractivity contribution < 1.29 is 19.0 Å². The number of unbranched alkanes of at least 4 members (excludes halogenated alkanes) is 1. The highest BCUT2D eigenvalue weighted by molar-refractivity contribution is 5.72. The zero-order valence-electron chi connectivity index (χ0n) is 14.9. The first-order chi connectivity index (χ1) is 11.1. The van der Waals surface area contributed by atoms with Crippen LogP contribution in [-0.2, 0) is 19.0 Å². The second-order valence-corrected chi connectivity index (χ2v) is 6.38. The number of hydrogen-bond acceptors (Lipinski definition) is 5. The Labute approximate surface area is 140 Å². The minimum atomic E-state index is -0.255. The van der Waals surface area contributed by atoms with E-state index in [-0.39, 0.29) is 24.7 Å². The van der Waals surface area contributed by atoms with Crippen molar-refractivity contribution >= 4 is 5.97 Å². The van der Waals surface area contributed by atoms with E-state index in [4.69, 9.17) is 14.2 Å². The molecule has 0 aromatic heterocycles. The fourth-order valence-corrected chi connectivity index (χ4v) is 2.77. The smallest absolute Gasteiger partial charge is 0.325 e. The second-order valence-electron chi connectivity index (χ2n) is 6.38. The van der Waals surface area contributed by atoms with Gasteiger partial charge in [0, 0.05) is 25.8 Å². The third kappa shape index (κ3) is 8.37. The highest BCUT2D eigenvalue weighted by Gasteiger charge is 2.20. The summed E-state index contributed by atoms with van der Waals surface area (Å²) in [5, 5.41) is 3.06. The van der Waals surface area contributed by atoms with Crippen LogP contribution >= 0.6 is 0 Å². The first kappa shape index (κ1) is 20.0. The molecule has 1 N–H and O–H groups in total. The summed E-state index contributed by atoms with van der Waals surface area (Å²) < 4.78 is 16.3. The van der Waals surface area contributed by atoms with E-state index < -0.39 is 0 Å². The summed E-state index contributed by atoms with van der Waals surface area (Å²) in [7, 11) is 1.73. The average Bonchev–Trinajstić information content (AvgIpc) is 2.56. The van der Waals surface area contributed by atoms with E-state index >= 15 is 0 Å². The van der Waals surface area contributed by atoms with Crippen molar-refractivity contribution in [1.82, 2.24) is 5.32 Å². The molecule has 23 heavy (non-hydrogen) atoms. The molecule has 1 aliphatic rings. The predicted octanol–water partition coefficient (Wildman–Crippen LogP) is 3.04. The minimum Gasteiger partial charge on any atom is -0.459 e. The van der Waals surface area contributed by atoms with Gasteiger partial charge in [0.15, 0.2) is 0 Å². The molecule has 1 heterocycles. The molecule has 1 rings (SSSR count). The Morgan fingerprint density at radius 2 is 2.26 bits per heavy atom. The molecule has 1 saturated heterocycles. The summed E-state index contributed by atoms with van der Waals surface area (Å²) in [5.74, 6) is 0.222. The van der Waals surface area contributed by atoms with Crippen molar-refractivity contribution in [3.05, 3.63) is 12.3 Å². The summed E-state index contributed by atoms with van der Waals surface area (Å²) >= 11 is 0. The molecule has 5 heteroatoms. The van der Waals surface area contributed by atoms with Crippen LogP contribution in [0.5, 0.6) is 0 Å². The molecule has 0 spiro atoms. The fraction of sp³-hybridized carbons (Fsp3) is 0.833. The van der Waals surface area contributed by atoms with Crippen molar-refractivity contribution in [2.24, 2.45) is 5.92 Å². The van der Waals surface area contributed by atoms with Gasteiger partial charge in [-0.05, 0) is 25.2 Å². The lowest BCUT2D eigenvalue weighted by molar-refractivity contribution is -0.153. The monoisotopic (exact) mass is 327 g/mol. The van der Waals surface area contributed by atoms with E-state index in [9.17, 15) is 4.79 Å². The molecule has 1 aliphatic heterocycles. The van der Waals surface area contributed by atoms with Gasteiger partial charge in [-0.3, -0.25) is 4.79 Å².